The summed E-state index contributed by atoms with van der Waals surface area (Å²) >= 11 is 0. The molecule has 1 saturated heterocycles. The molecule has 0 amide bonds. The van der Waals surface area contributed by atoms with Gasteiger partial charge in [0.2, 0.25) is 0 Å². The van der Waals surface area contributed by atoms with E-state index in [0.29, 0.717) is 17.5 Å². The minimum atomic E-state index is -1.29. The minimum absolute atomic E-state index is 0.191. The van der Waals surface area contributed by atoms with Crippen molar-refractivity contribution in [2.24, 2.45) is 5.41 Å². The Hall–Kier alpha value is -0.850. The van der Waals surface area contributed by atoms with E-state index in [1.54, 1.807) is 0 Å². The highest BCUT2D eigenvalue weighted by atomic mass is 32.2. The normalized spacial score (nSPS) is 24.7. The number of nitrogens with one attached hydrogen (secondary N) is 2. The smallest absolute Gasteiger partial charge is 0.129 e. The first-order valence-electron chi connectivity index (χ1n) is 8.09. The van der Waals surface area contributed by atoms with Gasteiger partial charge in [-0.05, 0) is 75.7 Å². The number of hydrogen-bond donors (Lipinski definition) is 2. The van der Waals surface area contributed by atoms with E-state index in [1.807, 2.05) is 20.8 Å². The lowest BCUT2D eigenvalue weighted by Crippen LogP contribution is -2.46. The summed E-state index contributed by atoms with van der Waals surface area (Å²) in [6.07, 6.45) is 2.30. The predicted octanol–water partition coefficient (Wildman–Crippen LogP) is 2.98. The maximum absolute atomic E-state index is 14.3. The zero-order valence-electron chi connectivity index (χ0n) is 13.8. The maximum atomic E-state index is 14.3. The molecule has 1 spiro atoms. The van der Waals surface area contributed by atoms with Gasteiger partial charge in [0, 0.05) is 6.07 Å². The van der Waals surface area contributed by atoms with Crippen molar-refractivity contribution in [2.75, 3.05) is 13.1 Å². The van der Waals surface area contributed by atoms with Crippen molar-refractivity contribution in [3.05, 3.63) is 34.9 Å². The van der Waals surface area contributed by atoms with Crippen molar-refractivity contribution in [2.45, 2.75) is 50.8 Å². The highest BCUT2D eigenvalue weighted by Crippen LogP contribution is 2.52. The fourth-order valence-electron chi connectivity index (χ4n) is 3.71. The summed E-state index contributed by atoms with van der Waals surface area (Å²) in [7, 11) is -1.29. The van der Waals surface area contributed by atoms with Gasteiger partial charge in [-0.15, -0.1) is 0 Å². The monoisotopic (exact) mass is 342 g/mol. The summed E-state index contributed by atoms with van der Waals surface area (Å²) in [5, 5.41) is 3.32. The highest BCUT2D eigenvalue weighted by Gasteiger charge is 2.49. The molecule has 128 valence electrons. The van der Waals surface area contributed by atoms with Crippen molar-refractivity contribution in [1.82, 2.24) is 10.0 Å². The van der Waals surface area contributed by atoms with Crippen LogP contribution in [-0.2, 0) is 17.4 Å². The van der Waals surface area contributed by atoms with Crippen LogP contribution in [0.15, 0.2) is 12.1 Å². The fourth-order valence-corrected chi connectivity index (χ4v) is 4.66. The Bertz CT molecular complexity index is 636. The Morgan fingerprint density at radius 1 is 1.26 bits per heavy atom. The molecule has 1 fully saturated rings. The molecule has 3 nitrogen and oxygen atoms in total. The molecule has 0 unspecified atom stereocenters. The van der Waals surface area contributed by atoms with E-state index in [4.69, 9.17) is 0 Å². The average molecular weight is 342 g/mol. The average Bonchev–Trinajstić information content (AvgIpc) is 2.74. The van der Waals surface area contributed by atoms with Gasteiger partial charge in [0.15, 0.2) is 0 Å². The molecule has 1 heterocycles. The first-order valence-corrected chi connectivity index (χ1v) is 9.24. The van der Waals surface area contributed by atoms with Crippen LogP contribution >= 0.6 is 0 Å². The van der Waals surface area contributed by atoms with Crippen molar-refractivity contribution >= 4 is 11.0 Å². The molecular formula is C17H24F2N2OS. The predicted molar refractivity (Wildman–Crippen MR) is 88.4 cm³/mol. The van der Waals surface area contributed by atoms with Gasteiger partial charge in [0.1, 0.15) is 11.6 Å². The van der Waals surface area contributed by atoms with Crippen LogP contribution in [0.5, 0.6) is 0 Å². The Labute approximate surface area is 138 Å². The molecule has 1 aromatic rings. The third-order valence-corrected chi connectivity index (χ3v) is 6.59. The van der Waals surface area contributed by atoms with Crippen molar-refractivity contribution < 1.29 is 13.0 Å². The Morgan fingerprint density at radius 2 is 1.91 bits per heavy atom. The van der Waals surface area contributed by atoms with Gasteiger partial charge in [-0.1, -0.05) is 0 Å². The molecule has 1 aromatic carbocycles. The van der Waals surface area contributed by atoms with Gasteiger partial charge >= 0.3 is 0 Å². The summed E-state index contributed by atoms with van der Waals surface area (Å²) in [6, 6.07) is 2.09. The zero-order chi connectivity index (χ0) is 16.8. The topological polar surface area (TPSA) is 41.1 Å². The van der Waals surface area contributed by atoms with E-state index in [9.17, 15) is 13.0 Å². The largest absolute Gasteiger partial charge is 0.317 e. The van der Waals surface area contributed by atoms with Crippen molar-refractivity contribution in [3.8, 4) is 0 Å². The first kappa shape index (κ1) is 17.0. The number of fused-ring (bicyclic) bond motifs is 1. The van der Waals surface area contributed by atoms with E-state index < -0.39 is 27.4 Å². The standard InChI is InChI=1S/C17H24F2N2OS/c1-16(2,3)23(22)21-15-12-8-11(18)9-14(19)13(12)10-17(15)4-6-20-7-5-17/h8-9,15,20-21H,4-7,10H2,1-3H3/t15-,23-/m1/s1. The zero-order valence-corrected chi connectivity index (χ0v) is 14.7. The summed E-state index contributed by atoms with van der Waals surface area (Å²) in [5.74, 6) is -1.05. The van der Waals surface area contributed by atoms with Gasteiger partial charge in [0.25, 0.3) is 0 Å². The number of halogens is 2. The molecule has 2 aliphatic rings. The van der Waals surface area contributed by atoms with E-state index in [2.05, 4.69) is 10.0 Å². The molecule has 0 bridgehead atoms. The number of benzene rings is 1. The number of hydrogen-bond acceptors (Lipinski definition) is 2. The Balaban J connectivity index is 2.02. The third kappa shape index (κ3) is 3.08. The van der Waals surface area contributed by atoms with Gasteiger partial charge in [-0.3, -0.25) is 0 Å². The second-order valence-electron chi connectivity index (χ2n) is 7.68. The van der Waals surface area contributed by atoms with Crippen LogP contribution in [0.1, 0.15) is 50.8 Å². The molecular weight excluding hydrogens is 318 g/mol. The molecule has 0 radical (unpaired) electrons. The fraction of sp³-hybridized carbons (Fsp3) is 0.647. The molecule has 0 aromatic heterocycles. The molecule has 2 atom stereocenters. The van der Waals surface area contributed by atoms with Crippen LogP contribution < -0.4 is 10.0 Å². The third-order valence-electron chi connectivity index (χ3n) is 5.03. The first-order chi connectivity index (χ1) is 10.7. The molecule has 6 heteroatoms. The van der Waals surface area contributed by atoms with Gasteiger partial charge in [0.05, 0.1) is 21.8 Å². The van der Waals surface area contributed by atoms with Crippen LogP contribution in [-0.4, -0.2) is 22.0 Å². The summed E-state index contributed by atoms with van der Waals surface area (Å²) < 4.78 is 43.4. The summed E-state index contributed by atoms with van der Waals surface area (Å²) in [6.45, 7) is 7.38. The van der Waals surface area contributed by atoms with Gasteiger partial charge < -0.3 is 5.32 Å². The van der Waals surface area contributed by atoms with Gasteiger partial charge in [-0.2, -0.15) is 0 Å². The Morgan fingerprint density at radius 3 is 2.52 bits per heavy atom. The molecule has 1 aliphatic carbocycles. The van der Waals surface area contributed by atoms with Crippen LogP contribution in [0.2, 0.25) is 0 Å². The minimum Gasteiger partial charge on any atom is -0.317 e. The van der Waals surface area contributed by atoms with Crippen LogP contribution in [0.4, 0.5) is 8.78 Å². The van der Waals surface area contributed by atoms with Crippen LogP contribution in [0, 0.1) is 17.0 Å². The Kier molecular flexibility index (Phi) is 4.36. The number of rotatable bonds is 2. The van der Waals surface area contributed by atoms with Crippen LogP contribution in [0.3, 0.4) is 0 Å². The number of piperidine rings is 1. The van der Waals surface area contributed by atoms with E-state index in [0.717, 1.165) is 32.0 Å². The summed E-state index contributed by atoms with van der Waals surface area (Å²) in [4.78, 5) is 0. The molecule has 1 aliphatic heterocycles. The maximum Gasteiger partial charge on any atom is 0.129 e. The van der Waals surface area contributed by atoms with Crippen LogP contribution in [0.25, 0.3) is 0 Å². The lowest BCUT2D eigenvalue weighted by molar-refractivity contribution is 0.164. The lowest BCUT2D eigenvalue weighted by atomic mass is 9.73. The van der Waals surface area contributed by atoms with Gasteiger partial charge in [-0.25, -0.2) is 17.7 Å². The lowest BCUT2D eigenvalue weighted by Gasteiger charge is -2.40. The van der Waals surface area contributed by atoms with E-state index in [-0.39, 0.29) is 11.5 Å². The second kappa shape index (κ2) is 5.90. The molecule has 2 N–H and O–H groups in total. The molecule has 23 heavy (non-hydrogen) atoms. The molecule has 3 rings (SSSR count). The SMILES string of the molecule is CC(C)(C)[S@@](=O)N[C@@H]1c2cc(F)cc(F)c2CC12CCNCC2. The summed E-state index contributed by atoms with van der Waals surface area (Å²) in [5.41, 5.74) is 1.03. The second-order valence-corrected chi connectivity index (χ2v) is 9.67. The highest BCUT2D eigenvalue weighted by molar-refractivity contribution is 7.84. The van der Waals surface area contributed by atoms with E-state index >= 15 is 0 Å². The molecule has 0 saturated carbocycles. The van der Waals surface area contributed by atoms with Crippen molar-refractivity contribution in [3.63, 3.8) is 0 Å². The van der Waals surface area contributed by atoms with Crippen molar-refractivity contribution in [1.29, 1.82) is 0 Å². The van der Waals surface area contributed by atoms with E-state index in [1.165, 1.54) is 6.07 Å². The quantitative estimate of drug-likeness (QED) is 0.867.